The van der Waals surface area contributed by atoms with Crippen molar-refractivity contribution >= 4 is 23.2 Å². The first-order chi connectivity index (χ1) is 16.6. The molecule has 2 aromatic carbocycles. The van der Waals surface area contributed by atoms with Gasteiger partial charge in [0, 0.05) is 17.4 Å². The summed E-state index contributed by atoms with van der Waals surface area (Å²) in [6, 6.07) is 11.0. The number of rotatable bonds is 6. The predicted octanol–water partition coefficient (Wildman–Crippen LogP) is 7.68. The minimum Gasteiger partial charge on any atom is -0.322 e. The Bertz CT molecular complexity index is 1230. The Labute approximate surface area is 207 Å². The summed E-state index contributed by atoms with van der Waals surface area (Å²) in [6.45, 7) is 2.68. The van der Waals surface area contributed by atoms with Crippen LogP contribution >= 0.6 is 11.6 Å². The van der Waals surface area contributed by atoms with Crippen LogP contribution < -0.4 is 5.32 Å². The Morgan fingerprint density at radius 2 is 1.50 bits per heavy atom. The molecule has 0 aliphatic rings. The average Bonchev–Trinajstić information content (AvgIpc) is 2.76. The van der Waals surface area contributed by atoms with Gasteiger partial charge in [0.2, 0.25) is 0 Å². The minimum absolute atomic E-state index is 0.0360. The SMILES string of the molecule is Cc1cc(C(F)(C(F)(F)F)C(F)(F)F)cc(C)c1CCc1cccc(NC(=O)c2cccnc2Cl)c1. The lowest BCUT2D eigenvalue weighted by molar-refractivity contribution is -0.348. The number of hydrogen-bond acceptors (Lipinski definition) is 2. The second-order valence-electron chi connectivity index (χ2n) is 8.24. The molecule has 192 valence electrons. The van der Waals surface area contributed by atoms with Crippen LogP contribution in [0.1, 0.15) is 38.2 Å². The van der Waals surface area contributed by atoms with Gasteiger partial charge < -0.3 is 5.32 Å². The number of pyridine rings is 1. The van der Waals surface area contributed by atoms with Crippen molar-refractivity contribution in [3.8, 4) is 0 Å². The van der Waals surface area contributed by atoms with Crippen molar-refractivity contribution in [3.63, 3.8) is 0 Å². The van der Waals surface area contributed by atoms with E-state index >= 15 is 0 Å². The molecule has 3 rings (SSSR count). The molecule has 1 amide bonds. The number of anilines is 1. The molecule has 0 radical (unpaired) electrons. The van der Waals surface area contributed by atoms with Crippen LogP contribution in [0.25, 0.3) is 0 Å². The molecule has 3 nitrogen and oxygen atoms in total. The van der Waals surface area contributed by atoms with E-state index in [0.29, 0.717) is 29.8 Å². The highest BCUT2D eigenvalue weighted by molar-refractivity contribution is 6.33. The largest absolute Gasteiger partial charge is 0.435 e. The van der Waals surface area contributed by atoms with Crippen molar-refractivity contribution in [3.05, 3.63) is 93.3 Å². The van der Waals surface area contributed by atoms with Crippen molar-refractivity contribution in [1.82, 2.24) is 4.98 Å². The second kappa shape index (κ2) is 10.1. The van der Waals surface area contributed by atoms with Gasteiger partial charge in [-0.25, -0.2) is 9.37 Å². The first-order valence-corrected chi connectivity index (χ1v) is 11.0. The maximum absolute atomic E-state index is 14.5. The number of carbonyl (C=O) groups excluding carboxylic acids is 1. The van der Waals surface area contributed by atoms with E-state index in [-0.39, 0.29) is 28.3 Å². The summed E-state index contributed by atoms with van der Waals surface area (Å²) in [5.41, 5.74) is -4.87. The van der Waals surface area contributed by atoms with Gasteiger partial charge in [-0.15, -0.1) is 0 Å². The Morgan fingerprint density at radius 1 is 0.889 bits per heavy atom. The van der Waals surface area contributed by atoms with E-state index in [9.17, 15) is 35.5 Å². The van der Waals surface area contributed by atoms with Gasteiger partial charge in [-0.3, -0.25) is 4.79 Å². The highest BCUT2D eigenvalue weighted by Crippen LogP contribution is 2.53. The molecule has 0 bridgehead atoms. The molecule has 0 aliphatic heterocycles. The molecule has 1 N–H and O–H groups in total. The average molecular weight is 533 g/mol. The Hall–Kier alpha value is -3.14. The lowest BCUT2D eigenvalue weighted by Crippen LogP contribution is -2.50. The molecular weight excluding hydrogens is 513 g/mol. The summed E-state index contributed by atoms with van der Waals surface area (Å²) in [6.07, 6.45) is -10.3. The van der Waals surface area contributed by atoms with Crippen molar-refractivity contribution in [1.29, 1.82) is 0 Å². The number of nitrogens with zero attached hydrogens (tertiary/aromatic N) is 1. The third-order valence-corrected chi connectivity index (χ3v) is 6.03. The summed E-state index contributed by atoms with van der Waals surface area (Å²) in [7, 11) is 0. The Kier molecular flexibility index (Phi) is 7.69. The molecule has 0 unspecified atom stereocenters. The van der Waals surface area contributed by atoms with Crippen LogP contribution in [0.5, 0.6) is 0 Å². The third kappa shape index (κ3) is 5.48. The number of aromatic nitrogens is 1. The number of nitrogens with one attached hydrogen (secondary N) is 1. The molecule has 0 atom stereocenters. The van der Waals surface area contributed by atoms with Gasteiger partial charge >= 0.3 is 18.0 Å². The molecule has 0 spiro atoms. The zero-order valence-corrected chi connectivity index (χ0v) is 19.7. The van der Waals surface area contributed by atoms with Crippen LogP contribution in [-0.4, -0.2) is 23.2 Å². The van der Waals surface area contributed by atoms with E-state index in [0.717, 1.165) is 5.56 Å². The van der Waals surface area contributed by atoms with Crippen LogP contribution in [0, 0.1) is 13.8 Å². The summed E-state index contributed by atoms with van der Waals surface area (Å²) in [5, 5.41) is 2.73. The van der Waals surface area contributed by atoms with Crippen molar-refractivity contribution in [2.45, 2.75) is 44.7 Å². The van der Waals surface area contributed by atoms with Crippen molar-refractivity contribution in [2.24, 2.45) is 0 Å². The number of benzene rings is 2. The fraction of sp³-hybridized carbons (Fsp3) is 0.280. The van der Waals surface area contributed by atoms with E-state index in [1.165, 1.54) is 26.1 Å². The Balaban J connectivity index is 1.81. The molecule has 0 fully saturated rings. The van der Waals surface area contributed by atoms with Crippen molar-refractivity contribution in [2.75, 3.05) is 5.32 Å². The van der Waals surface area contributed by atoms with Gasteiger partial charge in [0.1, 0.15) is 5.15 Å². The van der Waals surface area contributed by atoms with Crippen LogP contribution in [0.4, 0.5) is 36.4 Å². The molecule has 36 heavy (non-hydrogen) atoms. The van der Waals surface area contributed by atoms with Crippen molar-refractivity contribution < 1.29 is 35.5 Å². The van der Waals surface area contributed by atoms with Crippen LogP contribution in [-0.2, 0) is 18.5 Å². The normalized spacial score (nSPS) is 12.5. The van der Waals surface area contributed by atoms with Gasteiger partial charge in [-0.1, -0.05) is 35.9 Å². The molecule has 0 saturated heterocycles. The first kappa shape index (κ1) is 27.4. The smallest absolute Gasteiger partial charge is 0.322 e. The van der Waals surface area contributed by atoms with Crippen LogP contribution in [0.2, 0.25) is 5.15 Å². The van der Waals surface area contributed by atoms with Crippen LogP contribution in [0.15, 0.2) is 54.7 Å². The summed E-state index contributed by atoms with van der Waals surface area (Å²) in [4.78, 5) is 16.3. The minimum atomic E-state index is -6.17. The van der Waals surface area contributed by atoms with Crippen LogP contribution in [0.3, 0.4) is 0 Å². The molecule has 3 aromatic rings. The zero-order chi connectivity index (χ0) is 26.9. The summed E-state index contributed by atoms with van der Waals surface area (Å²) < 4.78 is 93.3. The quantitative estimate of drug-likeness (QED) is 0.261. The highest BCUT2D eigenvalue weighted by Gasteiger charge is 2.73. The molecule has 0 aliphatic carbocycles. The van der Waals surface area contributed by atoms with Gasteiger partial charge in [0.15, 0.2) is 0 Å². The fourth-order valence-corrected chi connectivity index (χ4v) is 4.11. The van der Waals surface area contributed by atoms with E-state index in [1.807, 2.05) is 0 Å². The number of halogens is 8. The molecule has 11 heteroatoms. The number of aryl methyl sites for hydroxylation is 3. The zero-order valence-electron chi connectivity index (χ0n) is 19.0. The summed E-state index contributed by atoms with van der Waals surface area (Å²) >= 11 is 5.93. The molecule has 1 heterocycles. The number of hydrogen-bond donors (Lipinski definition) is 1. The fourth-order valence-electron chi connectivity index (χ4n) is 3.90. The van der Waals surface area contributed by atoms with Gasteiger partial charge in [0.25, 0.3) is 5.91 Å². The van der Waals surface area contributed by atoms with Gasteiger partial charge in [0.05, 0.1) is 5.56 Å². The predicted molar refractivity (Wildman–Crippen MR) is 122 cm³/mol. The third-order valence-electron chi connectivity index (χ3n) is 5.73. The highest BCUT2D eigenvalue weighted by atomic mass is 35.5. The maximum Gasteiger partial charge on any atom is 0.435 e. The lowest BCUT2D eigenvalue weighted by Gasteiger charge is -2.31. The molecule has 1 aromatic heterocycles. The van der Waals surface area contributed by atoms with Gasteiger partial charge in [-0.05, 0) is 73.2 Å². The summed E-state index contributed by atoms with van der Waals surface area (Å²) in [5.74, 6) is -0.475. The Morgan fingerprint density at radius 3 is 2.06 bits per heavy atom. The van der Waals surface area contributed by atoms with Gasteiger partial charge in [-0.2, -0.15) is 26.3 Å². The number of alkyl halides is 7. The second-order valence-corrected chi connectivity index (χ2v) is 8.60. The standard InChI is InChI=1S/C25H20ClF7N2O/c1-14-11-17(23(27,24(28,29)30)25(31,32)33)12-15(2)19(14)9-8-16-5-3-6-18(13-16)35-22(36)20-7-4-10-34-21(20)26/h3-7,10-13H,8-9H2,1-2H3,(H,35,36). The monoisotopic (exact) mass is 532 g/mol. The molecular formula is C25H20ClF7N2O. The first-order valence-electron chi connectivity index (χ1n) is 10.6. The topological polar surface area (TPSA) is 42.0 Å². The van der Waals surface area contributed by atoms with E-state index in [1.54, 1.807) is 30.3 Å². The maximum atomic E-state index is 14.5. The number of amides is 1. The molecule has 0 saturated carbocycles. The number of carbonyl (C=O) groups is 1. The lowest BCUT2D eigenvalue weighted by atomic mass is 9.87. The van der Waals surface area contributed by atoms with E-state index in [4.69, 9.17) is 11.6 Å². The van der Waals surface area contributed by atoms with E-state index < -0.39 is 29.5 Å². The van der Waals surface area contributed by atoms with E-state index in [2.05, 4.69) is 10.3 Å².